The Balaban J connectivity index is 3.05. The van der Waals surface area contributed by atoms with E-state index in [1.165, 1.54) is 19.4 Å². The summed E-state index contributed by atoms with van der Waals surface area (Å²) in [5.74, 6) is 0.348. The molecule has 1 aromatic heterocycles. The molecule has 13 heavy (non-hydrogen) atoms. The average molecular weight is 179 g/mol. The second kappa shape index (κ2) is 4.15. The molecule has 6 heteroatoms. The molecule has 1 radical (unpaired) electrons. The molecule has 1 rings (SSSR count). The van der Waals surface area contributed by atoms with Gasteiger partial charge < -0.3 is 10.6 Å². The van der Waals surface area contributed by atoms with E-state index in [0.717, 1.165) is 0 Å². The van der Waals surface area contributed by atoms with Gasteiger partial charge in [-0.3, -0.25) is 4.79 Å². The molecule has 0 bridgehead atoms. The minimum atomic E-state index is -0.116. The molecule has 0 amide bonds. The summed E-state index contributed by atoms with van der Waals surface area (Å²) in [6, 6.07) is 1.50. The lowest BCUT2D eigenvalue weighted by atomic mass is 10.4. The number of hydrogen-bond donors (Lipinski definition) is 1. The summed E-state index contributed by atoms with van der Waals surface area (Å²) in [6.45, 7) is 0. The highest BCUT2D eigenvalue weighted by molar-refractivity contribution is 6.35. The summed E-state index contributed by atoms with van der Waals surface area (Å²) in [7, 11) is 1.31. The second-order valence-corrected chi connectivity index (χ2v) is 2.03. The van der Waals surface area contributed by atoms with E-state index in [-0.39, 0.29) is 17.4 Å². The highest BCUT2D eigenvalue weighted by Crippen LogP contribution is 1.97. The SMILES string of the molecule is CON=C([C]=O)c1nccc(N)n1. The highest BCUT2D eigenvalue weighted by Gasteiger charge is 2.07. The molecular formula is C7H7N4O2. The maximum atomic E-state index is 10.4. The monoisotopic (exact) mass is 179 g/mol. The first kappa shape index (κ1) is 9.11. The molecule has 0 spiro atoms. The number of oxime groups is 1. The summed E-state index contributed by atoms with van der Waals surface area (Å²) >= 11 is 0. The third-order valence-electron chi connectivity index (χ3n) is 1.17. The van der Waals surface area contributed by atoms with Gasteiger partial charge in [0.1, 0.15) is 12.9 Å². The van der Waals surface area contributed by atoms with Crippen molar-refractivity contribution in [3.05, 3.63) is 18.1 Å². The van der Waals surface area contributed by atoms with Crippen molar-refractivity contribution < 1.29 is 9.63 Å². The molecule has 0 aromatic carbocycles. The summed E-state index contributed by atoms with van der Waals surface area (Å²) in [4.78, 5) is 22.3. The van der Waals surface area contributed by atoms with Crippen molar-refractivity contribution in [2.24, 2.45) is 5.16 Å². The number of carbonyl (C=O) groups excluding carboxylic acids is 1. The zero-order valence-corrected chi connectivity index (χ0v) is 6.89. The molecule has 0 aliphatic rings. The van der Waals surface area contributed by atoms with Crippen molar-refractivity contribution in [3.63, 3.8) is 0 Å². The lowest BCUT2D eigenvalue weighted by Crippen LogP contribution is -2.09. The van der Waals surface area contributed by atoms with E-state index in [1.54, 1.807) is 6.29 Å². The molecule has 0 saturated heterocycles. The largest absolute Gasteiger partial charge is 0.398 e. The number of nitrogens with two attached hydrogens (primary N) is 1. The summed E-state index contributed by atoms with van der Waals surface area (Å²) in [6.07, 6.45) is 2.96. The predicted molar refractivity (Wildman–Crippen MR) is 45.7 cm³/mol. The highest BCUT2D eigenvalue weighted by atomic mass is 16.6. The van der Waals surface area contributed by atoms with Gasteiger partial charge in [0.05, 0.1) is 0 Å². The van der Waals surface area contributed by atoms with Crippen LogP contribution in [0.15, 0.2) is 17.4 Å². The van der Waals surface area contributed by atoms with Gasteiger partial charge in [-0.25, -0.2) is 9.97 Å². The quantitative estimate of drug-likeness (QED) is 0.499. The van der Waals surface area contributed by atoms with E-state index in [9.17, 15) is 4.79 Å². The summed E-state index contributed by atoms with van der Waals surface area (Å²) in [5, 5.41) is 3.37. The van der Waals surface area contributed by atoms with Crippen LogP contribution in [0.3, 0.4) is 0 Å². The van der Waals surface area contributed by atoms with Gasteiger partial charge in [0.15, 0.2) is 11.5 Å². The van der Waals surface area contributed by atoms with Gasteiger partial charge in [-0.1, -0.05) is 5.16 Å². The van der Waals surface area contributed by atoms with Crippen molar-refractivity contribution in [2.75, 3.05) is 12.8 Å². The first-order chi connectivity index (χ1) is 6.27. The van der Waals surface area contributed by atoms with Crippen LogP contribution in [-0.2, 0) is 9.63 Å². The van der Waals surface area contributed by atoms with E-state index in [4.69, 9.17) is 5.73 Å². The third kappa shape index (κ3) is 2.22. The summed E-state index contributed by atoms with van der Waals surface area (Å²) in [5.41, 5.74) is 5.25. The first-order valence-corrected chi connectivity index (χ1v) is 3.36. The third-order valence-corrected chi connectivity index (χ3v) is 1.17. The minimum absolute atomic E-state index is 0.0943. The van der Waals surface area contributed by atoms with Crippen LogP contribution in [0.1, 0.15) is 5.82 Å². The predicted octanol–water partition coefficient (Wildman–Crippen LogP) is -0.481. The second-order valence-electron chi connectivity index (χ2n) is 2.03. The Labute approximate surface area is 74.4 Å². The molecule has 0 saturated carbocycles. The van der Waals surface area contributed by atoms with Gasteiger partial charge in [-0.15, -0.1) is 0 Å². The van der Waals surface area contributed by atoms with Gasteiger partial charge in [-0.2, -0.15) is 0 Å². The fourth-order valence-electron chi connectivity index (χ4n) is 0.683. The van der Waals surface area contributed by atoms with Gasteiger partial charge in [-0.05, 0) is 6.07 Å². The zero-order valence-electron chi connectivity index (χ0n) is 6.89. The van der Waals surface area contributed by atoms with E-state index in [2.05, 4.69) is 20.0 Å². The molecule has 0 unspecified atom stereocenters. The maximum Gasteiger partial charge on any atom is 0.261 e. The van der Waals surface area contributed by atoms with Crippen molar-refractivity contribution in [3.8, 4) is 0 Å². The van der Waals surface area contributed by atoms with Crippen molar-refractivity contribution >= 4 is 17.8 Å². The van der Waals surface area contributed by atoms with Crippen LogP contribution in [0.5, 0.6) is 0 Å². The molecule has 6 nitrogen and oxygen atoms in total. The maximum absolute atomic E-state index is 10.4. The zero-order chi connectivity index (χ0) is 9.68. The molecule has 0 fully saturated rings. The van der Waals surface area contributed by atoms with Gasteiger partial charge >= 0.3 is 0 Å². The van der Waals surface area contributed by atoms with Gasteiger partial charge in [0.2, 0.25) is 0 Å². The molecule has 0 aliphatic heterocycles. The van der Waals surface area contributed by atoms with Crippen LogP contribution >= 0.6 is 0 Å². The first-order valence-electron chi connectivity index (χ1n) is 3.36. The molecular weight excluding hydrogens is 172 g/mol. The molecule has 67 valence electrons. The lowest BCUT2D eigenvalue weighted by molar-refractivity contribution is 0.214. The summed E-state index contributed by atoms with van der Waals surface area (Å²) < 4.78 is 0. The Morgan fingerprint density at radius 2 is 2.54 bits per heavy atom. The van der Waals surface area contributed by atoms with E-state index < -0.39 is 0 Å². The van der Waals surface area contributed by atoms with Gasteiger partial charge in [0, 0.05) is 6.20 Å². The number of rotatable bonds is 3. The fourth-order valence-corrected chi connectivity index (χ4v) is 0.683. The van der Waals surface area contributed by atoms with Crippen LogP contribution in [-0.4, -0.2) is 29.1 Å². The number of nitrogen functional groups attached to an aromatic ring is 1. The van der Waals surface area contributed by atoms with Crippen LogP contribution in [0.2, 0.25) is 0 Å². The fraction of sp³-hybridized carbons (Fsp3) is 0.143. The lowest BCUT2D eigenvalue weighted by Gasteiger charge is -1.96. The van der Waals surface area contributed by atoms with E-state index >= 15 is 0 Å². The Morgan fingerprint density at radius 1 is 1.77 bits per heavy atom. The van der Waals surface area contributed by atoms with Gasteiger partial charge in [0.25, 0.3) is 6.29 Å². The van der Waals surface area contributed by atoms with Crippen LogP contribution in [0.4, 0.5) is 5.82 Å². The average Bonchev–Trinajstić information content (AvgIpc) is 2.14. The number of anilines is 1. The Morgan fingerprint density at radius 3 is 3.08 bits per heavy atom. The molecule has 1 aromatic rings. The Bertz CT molecular complexity index is 337. The van der Waals surface area contributed by atoms with Crippen molar-refractivity contribution in [1.82, 2.24) is 9.97 Å². The Hall–Kier alpha value is -1.98. The number of hydrogen-bond acceptors (Lipinski definition) is 6. The van der Waals surface area contributed by atoms with Crippen LogP contribution in [0.25, 0.3) is 0 Å². The van der Waals surface area contributed by atoms with Crippen molar-refractivity contribution in [1.29, 1.82) is 0 Å². The number of nitrogens with zero attached hydrogens (tertiary/aromatic N) is 3. The van der Waals surface area contributed by atoms with Crippen LogP contribution < -0.4 is 5.73 Å². The molecule has 2 N–H and O–H groups in total. The van der Waals surface area contributed by atoms with E-state index in [1.807, 2.05) is 0 Å². The Kier molecular flexibility index (Phi) is 2.91. The van der Waals surface area contributed by atoms with E-state index in [0.29, 0.717) is 0 Å². The number of aromatic nitrogens is 2. The standard InChI is InChI=1S/C7H7N4O2/c1-13-11-5(4-12)7-9-3-2-6(8)10-7/h2-3H,1H3,(H2,8,9,10). The molecule has 0 atom stereocenters. The van der Waals surface area contributed by atoms with Crippen molar-refractivity contribution in [2.45, 2.75) is 0 Å². The normalized spacial score (nSPS) is 11.0. The minimum Gasteiger partial charge on any atom is -0.398 e. The molecule has 0 aliphatic carbocycles. The molecule has 1 heterocycles. The van der Waals surface area contributed by atoms with Crippen LogP contribution in [0, 0.1) is 0 Å². The topological polar surface area (TPSA) is 90.5 Å². The smallest absolute Gasteiger partial charge is 0.261 e.